The number of benzene rings is 1. The van der Waals surface area contributed by atoms with Gasteiger partial charge in [0.15, 0.2) is 0 Å². The van der Waals surface area contributed by atoms with Crippen molar-refractivity contribution in [3.63, 3.8) is 0 Å². The first-order chi connectivity index (χ1) is 12.8. The van der Waals surface area contributed by atoms with E-state index in [2.05, 4.69) is 56.6 Å². The highest BCUT2D eigenvalue weighted by Crippen LogP contribution is 2.24. The van der Waals surface area contributed by atoms with Crippen LogP contribution in [0.4, 0.5) is 5.69 Å². The molecule has 0 aliphatic carbocycles. The lowest BCUT2D eigenvalue weighted by Crippen LogP contribution is -2.50. The number of hydrogen-bond donors (Lipinski definition) is 2. The van der Waals surface area contributed by atoms with Crippen LogP contribution in [0.15, 0.2) is 24.3 Å². The zero-order chi connectivity index (χ0) is 20.0. The van der Waals surface area contributed by atoms with Crippen LogP contribution >= 0.6 is 0 Å². The minimum Gasteiger partial charge on any atom is -0.378 e. The molecule has 2 N–H and O–H groups in total. The van der Waals surface area contributed by atoms with Crippen LogP contribution in [0.3, 0.4) is 0 Å². The number of nitrogens with zero attached hydrogens (tertiary/aromatic N) is 3. The average molecular weight is 376 g/mol. The molecule has 27 heavy (non-hydrogen) atoms. The Balaban J connectivity index is 2.10. The topological polar surface area (TPSA) is 67.9 Å². The minimum absolute atomic E-state index is 0.0470. The minimum atomic E-state index is -0.579. The Morgan fingerprint density at radius 2 is 1.63 bits per heavy atom. The lowest BCUT2D eigenvalue weighted by Gasteiger charge is -2.38. The Kier molecular flexibility index (Phi) is 7.62. The van der Waals surface area contributed by atoms with Crippen LogP contribution in [0, 0.1) is 0 Å². The van der Waals surface area contributed by atoms with Gasteiger partial charge in [0.25, 0.3) is 0 Å². The van der Waals surface area contributed by atoms with Crippen molar-refractivity contribution < 1.29 is 9.59 Å². The Hall–Kier alpha value is -2.12. The molecule has 7 heteroatoms. The summed E-state index contributed by atoms with van der Waals surface area (Å²) in [5.41, 5.74) is 2.28. The van der Waals surface area contributed by atoms with Gasteiger partial charge in [-0.3, -0.25) is 14.5 Å². The summed E-state index contributed by atoms with van der Waals surface area (Å²) < 4.78 is 0. The number of rotatable bonds is 6. The predicted octanol–water partition coefficient (Wildman–Crippen LogP) is 0.682. The van der Waals surface area contributed by atoms with E-state index in [1.165, 1.54) is 0 Å². The molecular formula is C20H33N5O2. The van der Waals surface area contributed by atoms with Crippen LogP contribution in [0.1, 0.15) is 25.5 Å². The number of nitrogens with one attached hydrogen (secondary N) is 2. The summed E-state index contributed by atoms with van der Waals surface area (Å²) in [6.07, 6.45) is 0. The van der Waals surface area contributed by atoms with E-state index in [-0.39, 0.29) is 12.1 Å². The van der Waals surface area contributed by atoms with E-state index < -0.39 is 11.8 Å². The molecule has 1 heterocycles. The van der Waals surface area contributed by atoms with Crippen LogP contribution < -0.4 is 15.5 Å². The first kappa shape index (κ1) is 21.2. The Labute approximate surface area is 162 Å². The quantitative estimate of drug-likeness (QED) is 0.716. The molecule has 0 spiro atoms. The predicted molar refractivity (Wildman–Crippen MR) is 109 cm³/mol. The van der Waals surface area contributed by atoms with Gasteiger partial charge >= 0.3 is 11.8 Å². The number of carbonyl (C=O) groups excluding carboxylic acids is 2. The van der Waals surface area contributed by atoms with Crippen molar-refractivity contribution >= 4 is 17.5 Å². The summed E-state index contributed by atoms with van der Waals surface area (Å²) in [4.78, 5) is 30.8. The third kappa shape index (κ3) is 6.22. The van der Waals surface area contributed by atoms with Crippen LogP contribution in [-0.4, -0.2) is 81.5 Å². The van der Waals surface area contributed by atoms with Crippen molar-refractivity contribution in [1.29, 1.82) is 0 Å². The van der Waals surface area contributed by atoms with Gasteiger partial charge in [-0.25, -0.2) is 0 Å². The lowest BCUT2D eigenvalue weighted by molar-refractivity contribution is -0.139. The Bertz CT molecular complexity index is 622. The third-order valence-corrected chi connectivity index (χ3v) is 4.85. The number of hydrogen-bond acceptors (Lipinski definition) is 5. The maximum absolute atomic E-state index is 12.1. The summed E-state index contributed by atoms with van der Waals surface area (Å²) in [5, 5.41) is 5.45. The number of piperazine rings is 1. The molecule has 1 aliphatic rings. The van der Waals surface area contributed by atoms with Crippen LogP contribution in [-0.2, 0) is 9.59 Å². The molecular weight excluding hydrogens is 342 g/mol. The highest BCUT2D eigenvalue weighted by atomic mass is 16.2. The lowest BCUT2D eigenvalue weighted by atomic mass is 10.0. The molecule has 0 saturated carbocycles. The van der Waals surface area contributed by atoms with E-state index in [1.807, 2.05) is 27.9 Å². The van der Waals surface area contributed by atoms with Gasteiger partial charge in [0.1, 0.15) is 0 Å². The van der Waals surface area contributed by atoms with Gasteiger partial charge in [-0.05, 0) is 38.6 Å². The maximum Gasteiger partial charge on any atom is 0.309 e. The second kappa shape index (κ2) is 9.71. The molecule has 0 bridgehead atoms. The van der Waals surface area contributed by atoms with Crippen molar-refractivity contribution in [2.75, 3.05) is 58.8 Å². The highest BCUT2D eigenvalue weighted by Gasteiger charge is 2.25. The second-order valence-corrected chi connectivity index (χ2v) is 7.68. The van der Waals surface area contributed by atoms with Gasteiger partial charge in [0.2, 0.25) is 0 Å². The smallest absolute Gasteiger partial charge is 0.309 e. The number of amides is 2. The molecule has 7 nitrogen and oxygen atoms in total. The van der Waals surface area contributed by atoms with E-state index >= 15 is 0 Å². The van der Waals surface area contributed by atoms with Crippen molar-refractivity contribution in [2.45, 2.75) is 25.9 Å². The summed E-state index contributed by atoms with van der Waals surface area (Å²) in [7, 11) is 6.15. The van der Waals surface area contributed by atoms with Crippen LogP contribution in [0.25, 0.3) is 0 Å². The molecule has 2 rings (SSSR count). The second-order valence-electron chi connectivity index (χ2n) is 7.68. The fourth-order valence-corrected chi connectivity index (χ4v) is 3.18. The zero-order valence-corrected chi connectivity index (χ0v) is 17.2. The molecule has 1 saturated heterocycles. The molecule has 1 aromatic rings. The molecule has 0 radical (unpaired) electrons. The zero-order valence-electron chi connectivity index (χ0n) is 17.2. The summed E-state index contributed by atoms with van der Waals surface area (Å²) >= 11 is 0. The van der Waals surface area contributed by atoms with Crippen molar-refractivity contribution in [2.24, 2.45) is 0 Å². The molecule has 150 valence electrons. The molecule has 1 fully saturated rings. The molecule has 1 aromatic carbocycles. The van der Waals surface area contributed by atoms with E-state index in [0.717, 1.165) is 37.4 Å². The number of likely N-dealkylation sites (N-methyl/N-ethyl adjacent to an activating group) is 1. The molecule has 2 amide bonds. The monoisotopic (exact) mass is 375 g/mol. The van der Waals surface area contributed by atoms with Crippen molar-refractivity contribution in [3.8, 4) is 0 Å². The van der Waals surface area contributed by atoms with E-state index in [1.54, 1.807) is 0 Å². The van der Waals surface area contributed by atoms with Gasteiger partial charge in [-0.15, -0.1) is 0 Å². The Morgan fingerprint density at radius 3 is 2.15 bits per heavy atom. The summed E-state index contributed by atoms with van der Waals surface area (Å²) in [5.74, 6) is -1.15. The van der Waals surface area contributed by atoms with Crippen LogP contribution in [0.5, 0.6) is 0 Å². The first-order valence-electron chi connectivity index (χ1n) is 9.56. The molecule has 0 aromatic heterocycles. The normalized spacial score (nSPS) is 16.8. The van der Waals surface area contributed by atoms with Gasteiger partial charge in [-0.2, -0.15) is 0 Å². The van der Waals surface area contributed by atoms with Gasteiger partial charge in [-0.1, -0.05) is 12.1 Å². The third-order valence-electron chi connectivity index (χ3n) is 4.85. The SMILES string of the molecule is CC(C)NC(=O)C(=O)NCC(c1ccc(N(C)C)cc1)N1CCN(C)CC1. The van der Waals surface area contributed by atoms with Crippen molar-refractivity contribution in [1.82, 2.24) is 20.4 Å². The van der Waals surface area contributed by atoms with E-state index in [4.69, 9.17) is 0 Å². The van der Waals surface area contributed by atoms with Crippen molar-refractivity contribution in [3.05, 3.63) is 29.8 Å². The van der Waals surface area contributed by atoms with E-state index in [9.17, 15) is 9.59 Å². The summed E-state index contributed by atoms with van der Waals surface area (Å²) in [6.45, 7) is 7.95. The van der Waals surface area contributed by atoms with Gasteiger partial charge < -0.3 is 20.4 Å². The largest absolute Gasteiger partial charge is 0.378 e. The maximum atomic E-state index is 12.1. The van der Waals surface area contributed by atoms with Gasteiger partial charge in [0.05, 0.1) is 6.04 Å². The molecule has 1 unspecified atom stereocenters. The highest BCUT2D eigenvalue weighted by molar-refractivity contribution is 6.35. The molecule has 1 atom stereocenters. The van der Waals surface area contributed by atoms with Crippen LogP contribution in [0.2, 0.25) is 0 Å². The average Bonchev–Trinajstić information content (AvgIpc) is 2.63. The first-order valence-corrected chi connectivity index (χ1v) is 9.56. The fraction of sp³-hybridized carbons (Fsp3) is 0.600. The van der Waals surface area contributed by atoms with Gasteiger partial charge in [0, 0.05) is 58.5 Å². The number of carbonyl (C=O) groups is 2. The van der Waals surface area contributed by atoms with E-state index in [0.29, 0.717) is 6.54 Å². The Morgan fingerprint density at radius 1 is 1.04 bits per heavy atom. The molecule has 1 aliphatic heterocycles. The fourth-order valence-electron chi connectivity index (χ4n) is 3.18. The number of anilines is 1. The standard InChI is InChI=1S/C20H33N5O2/c1-15(2)22-20(27)19(26)21-14-18(25-12-10-24(5)11-13-25)16-6-8-17(9-7-16)23(3)4/h6-9,15,18H,10-14H2,1-5H3,(H,21,26)(H,22,27). The summed E-state index contributed by atoms with van der Waals surface area (Å²) in [6, 6.07) is 8.38.